The van der Waals surface area contributed by atoms with Crippen LogP contribution in [0.1, 0.15) is 27.3 Å². The van der Waals surface area contributed by atoms with E-state index in [4.69, 9.17) is 0 Å². The second-order valence-corrected chi connectivity index (χ2v) is 7.05. The molecule has 1 aromatic heterocycles. The molecule has 0 aliphatic heterocycles. The van der Waals surface area contributed by atoms with Gasteiger partial charge in [-0.25, -0.2) is 4.68 Å². The molecule has 27 heavy (non-hydrogen) atoms. The standard InChI is InChI=1S/C20H19F2N3OS/c1-13-18(14(2)25(24-13)16-6-4-3-5-7-16)12-23-19(26)15-8-10-17(11-9-15)27-20(21)22/h3-11,20H,12H2,1-2H3,(H,23,26). The molecule has 0 fully saturated rings. The van der Waals surface area contributed by atoms with Gasteiger partial charge >= 0.3 is 0 Å². The zero-order valence-electron chi connectivity index (χ0n) is 14.9. The number of hydrogen-bond acceptors (Lipinski definition) is 3. The summed E-state index contributed by atoms with van der Waals surface area (Å²) >= 11 is 0.458. The second kappa shape index (κ2) is 8.35. The Hall–Kier alpha value is -2.67. The third kappa shape index (κ3) is 4.54. The van der Waals surface area contributed by atoms with E-state index < -0.39 is 5.76 Å². The minimum Gasteiger partial charge on any atom is -0.348 e. The van der Waals surface area contributed by atoms with Crippen LogP contribution in [0.3, 0.4) is 0 Å². The summed E-state index contributed by atoms with van der Waals surface area (Å²) in [4.78, 5) is 12.8. The van der Waals surface area contributed by atoms with Crippen LogP contribution in [0.2, 0.25) is 0 Å². The fraction of sp³-hybridized carbons (Fsp3) is 0.200. The topological polar surface area (TPSA) is 46.9 Å². The van der Waals surface area contributed by atoms with Crippen molar-refractivity contribution in [2.24, 2.45) is 0 Å². The highest BCUT2D eigenvalue weighted by Crippen LogP contribution is 2.25. The van der Waals surface area contributed by atoms with Gasteiger partial charge in [-0.1, -0.05) is 30.0 Å². The van der Waals surface area contributed by atoms with Crippen LogP contribution in [0.15, 0.2) is 59.5 Å². The van der Waals surface area contributed by atoms with Gasteiger partial charge in [-0.15, -0.1) is 0 Å². The maximum Gasteiger partial charge on any atom is 0.288 e. The number of amides is 1. The Labute approximate surface area is 160 Å². The molecule has 0 atom stereocenters. The van der Waals surface area contributed by atoms with Crippen molar-refractivity contribution < 1.29 is 13.6 Å². The van der Waals surface area contributed by atoms with Gasteiger partial charge in [0.2, 0.25) is 0 Å². The van der Waals surface area contributed by atoms with Crippen LogP contribution < -0.4 is 5.32 Å². The molecule has 3 rings (SSSR count). The summed E-state index contributed by atoms with van der Waals surface area (Å²) in [5.41, 5.74) is 4.15. The SMILES string of the molecule is Cc1nn(-c2ccccc2)c(C)c1CNC(=O)c1ccc(SC(F)F)cc1. The van der Waals surface area contributed by atoms with E-state index in [1.54, 1.807) is 12.1 Å². The highest BCUT2D eigenvalue weighted by atomic mass is 32.2. The third-order valence-corrected chi connectivity index (χ3v) is 4.93. The number of aromatic nitrogens is 2. The Morgan fingerprint density at radius 2 is 1.78 bits per heavy atom. The number of aryl methyl sites for hydroxylation is 1. The number of para-hydroxylation sites is 1. The predicted molar refractivity (Wildman–Crippen MR) is 103 cm³/mol. The van der Waals surface area contributed by atoms with Crippen LogP contribution in [-0.2, 0) is 6.54 Å². The number of alkyl halides is 2. The van der Waals surface area contributed by atoms with Crippen LogP contribution in [0.25, 0.3) is 5.69 Å². The molecular formula is C20H19F2N3OS. The fourth-order valence-corrected chi connectivity index (χ4v) is 3.31. The van der Waals surface area contributed by atoms with Crippen LogP contribution >= 0.6 is 11.8 Å². The zero-order valence-corrected chi connectivity index (χ0v) is 15.8. The number of carbonyl (C=O) groups excluding carboxylic acids is 1. The lowest BCUT2D eigenvalue weighted by atomic mass is 10.1. The maximum atomic E-state index is 12.4. The van der Waals surface area contributed by atoms with Gasteiger partial charge in [-0.3, -0.25) is 4.79 Å². The average molecular weight is 387 g/mol. The smallest absolute Gasteiger partial charge is 0.288 e. The largest absolute Gasteiger partial charge is 0.348 e. The van der Waals surface area contributed by atoms with Crippen molar-refractivity contribution in [1.82, 2.24) is 15.1 Å². The first-order chi connectivity index (χ1) is 13.0. The number of carbonyl (C=O) groups is 1. The van der Waals surface area contributed by atoms with Crippen LogP contribution in [-0.4, -0.2) is 21.4 Å². The molecule has 0 aliphatic carbocycles. The van der Waals surface area contributed by atoms with E-state index in [-0.39, 0.29) is 5.91 Å². The average Bonchev–Trinajstić information content (AvgIpc) is 2.94. The van der Waals surface area contributed by atoms with Gasteiger partial charge in [0.25, 0.3) is 11.7 Å². The van der Waals surface area contributed by atoms with Gasteiger partial charge in [0.15, 0.2) is 0 Å². The number of thioether (sulfide) groups is 1. The normalized spacial score (nSPS) is 11.0. The first-order valence-electron chi connectivity index (χ1n) is 8.39. The van der Waals surface area contributed by atoms with Crippen molar-refractivity contribution in [2.75, 3.05) is 0 Å². The van der Waals surface area contributed by atoms with E-state index in [9.17, 15) is 13.6 Å². The quantitative estimate of drug-likeness (QED) is 0.622. The monoisotopic (exact) mass is 387 g/mol. The molecule has 0 unspecified atom stereocenters. The number of hydrogen-bond donors (Lipinski definition) is 1. The minimum atomic E-state index is -2.48. The highest BCUT2D eigenvalue weighted by molar-refractivity contribution is 7.99. The predicted octanol–water partition coefficient (Wildman–Crippen LogP) is 4.73. The molecule has 2 aromatic carbocycles. The first kappa shape index (κ1) is 19.1. The lowest BCUT2D eigenvalue weighted by molar-refractivity contribution is 0.0951. The van der Waals surface area contributed by atoms with E-state index in [0.717, 1.165) is 22.6 Å². The number of nitrogens with one attached hydrogen (secondary N) is 1. The Bertz CT molecular complexity index is 924. The van der Waals surface area contributed by atoms with Crippen molar-refractivity contribution in [3.63, 3.8) is 0 Å². The minimum absolute atomic E-state index is 0.255. The molecule has 3 aromatic rings. The molecule has 0 aliphatic rings. The Kier molecular flexibility index (Phi) is 5.91. The van der Waals surface area contributed by atoms with Gasteiger partial charge < -0.3 is 5.32 Å². The molecule has 0 spiro atoms. The Morgan fingerprint density at radius 1 is 1.11 bits per heavy atom. The number of halogens is 2. The van der Waals surface area contributed by atoms with Crippen molar-refractivity contribution in [3.8, 4) is 5.69 Å². The van der Waals surface area contributed by atoms with Gasteiger partial charge in [0.1, 0.15) is 0 Å². The van der Waals surface area contributed by atoms with Crippen LogP contribution in [0.5, 0.6) is 0 Å². The number of nitrogens with zero attached hydrogens (tertiary/aromatic N) is 2. The van der Waals surface area contributed by atoms with Gasteiger partial charge in [0, 0.05) is 28.3 Å². The lowest BCUT2D eigenvalue weighted by Gasteiger charge is -2.08. The van der Waals surface area contributed by atoms with Gasteiger partial charge in [0.05, 0.1) is 11.4 Å². The number of benzene rings is 2. The molecule has 0 bridgehead atoms. The molecule has 0 saturated carbocycles. The van der Waals surface area contributed by atoms with Crippen LogP contribution in [0.4, 0.5) is 8.78 Å². The summed E-state index contributed by atoms with van der Waals surface area (Å²) in [6.45, 7) is 4.21. The first-order valence-corrected chi connectivity index (χ1v) is 9.27. The maximum absolute atomic E-state index is 12.4. The summed E-state index contributed by atoms with van der Waals surface area (Å²) in [5.74, 6) is -2.73. The van der Waals surface area contributed by atoms with Gasteiger partial charge in [-0.05, 0) is 50.2 Å². The molecular weight excluding hydrogens is 368 g/mol. The lowest BCUT2D eigenvalue weighted by Crippen LogP contribution is -2.23. The Balaban J connectivity index is 1.70. The summed E-state index contributed by atoms with van der Waals surface area (Å²) in [6.07, 6.45) is 0. The summed E-state index contributed by atoms with van der Waals surface area (Å²) in [5, 5.41) is 7.44. The molecule has 1 amide bonds. The molecule has 140 valence electrons. The fourth-order valence-electron chi connectivity index (χ4n) is 2.81. The summed E-state index contributed by atoms with van der Waals surface area (Å²) in [6, 6.07) is 15.9. The summed E-state index contributed by atoms with van der Waals surface area (Å²) < 4.78 is 26.6. The van der Waals surface area contributed by atoms with Crippen molar-refractivity contribution in [1.29, 1.82) is 0 Å². The second-order valence-electron chi connectivity index (χ2n) is 5.98. The summed E-state index contributed by atoms with van der Waals surface area (Å²) in [7, 11) is 0. The van der Waals surface area contributed by atoms with E-state index >= 15 is 0 Å². The van der Waals surface area contributed by atoms with E-state index in [1.165, 1.54) is 12.1 Å². The third-order valence-electron chi connectivity index (χ3n) is 4.21. The van der Waals surface area contributed by atoms with E-state index in [1.807, 2.05) is 48.9 Å². The van der Waals surface area contributed by atoms with E-state index in [0.29, 0.717) is 28.8 Å². The molecule has 0 saturated heterocycles. The molecule has 1 heterocycles. The van der Waals surface area contributed by atoms with Crippen molar-refractivity contribution in [2.45, 2.75) is 31.0 Å². The molecule has 4 nitrogen and oxygen atoms in total. The Morgan fingerprint density at radius 3 is 2.41 bits per heavy atom. The molecule has 1 N–H and O–H groups in total. The molecule has 7 heteroatoms. The number of rotatable bonds is 6. The van der Waals surface area contributed by atoms with Gasteiger partial charge in [-0.2, -0.15) is 13.9 Å². The van der Waals surface area contributed by atoms with E-state index in [2.05, 4.69) is 10.4 Å². The van der Waals surface area contributed by atoms with Crippen molar-refractivity contribution in [3.05, 3.63) is 77.1 Å². The molecule has 0 radical (unpaired) electrons. The zero-order chi connectivity index (χ0) is 19.4. The van der Waals surface area contributed by atoms with Crippen molar-refractivity contribution >= 4 is 17.7 Å². The highest BCUT2D eigenvalue weighted by Gasteiger charge is 2.14. The van der Waals surface area contributed by atoms with Crippen LogP contribution in [0, 0.1) is 13.8 Å².